The van der Waals surface area contributed by atoms with Crippen molar-refractivity contribution >= 4 is 134 Å². The third-order valence-electron chi connectivity index (χ3n) is 13.6. The van der Waals surface area contributed by atoms with Crippen LogP contribution in [0.2, 0.25) is 30.1 Å². The van der Waals surface area contributed by atoms with Crippen LogP contribution in [0, 0.1) is 0 Å². The Hall–Kier alpha value is -5.72. The molecule has 0 aliphatic heterocycles. The fourth-order valence-electron chi connectivity index (χ4n) is 10.0. The van der Waals surface area contributed by atoms with Crippen LogP contribution in [0.4, 0.5) is 26.3 Å². The number of rotatable bonds is 18. The van der Waals surface area contributed by atoms with Gasteiger partial charge in [-0.25, -0.2) is 0 Å². The Morgan fingerprint density at radius 3 is 0.863 bits per heavy atom. The molecule has 0 aromatic heterocycles. The van der Waals surface area contributed by atoms with Crippen molar-refractivity contribution in [2.45, 2.75) is 12.4 Å². The zero-order valence-electron chi connectivity index (χ0n) is 41.3. The van der Waals surface area contributed by atoms with Gasteiger partial charge in [-0.05, 0) is 0 Å². The van der Waals surface area contributed by atoms with Crippen molar-refractivity contribution in [3.63, 3.8) is 0 Å². The third-order valence-corrected chi connectivity index (χ3v) is 26.3. The minimum absolute atomic E-state index is 0.0610. The van der Waals surface area contributed by atoms with Gasteiger partial charge in [-0.2, -0.15) is 0 Å². The number of carbonyl (C=O) groups excluding carboxylic acids is 2. The van der Waals surface area contributed by atoms with E-state index in [1.807, 2.05) is 0 Å². The van der Waals surface area contributed by atoms with Gasteiger partial charge >= 0.3 is 491 Å². The number of hydrogen-bond donors (Lipinski definition) is 0. The molecule has 9 aromatic carbocycles. The van der Waals surface area contributed by atoms with E-state index >= 15 is 35.9 Å². The average molecular weight is 1240 g/mol. The second kappa shape index (κ2) is 23.3. The summed E-state index contributed by atoms with van der Waals surface area (Å²) >= 11 is 42.0. The molecule has 0 aliphatic carbocycles. The summed E-state index contributed by atoms with van der Waals surface area (Å²) in [6.07, 6.45) is -12.2. The summed E-state index contributed by atoms with van der Waals surface area (Å²) in [5.74, 6) is -2.24. The predicted octanol–water partition coefficient (Wildman–Crippen LogP) is 16.7. The number of Topliss-reactive ketones (excluding diaryl/α,β-unsaturated/α-hetero) is 2. The Morgan fingerprint density at radius 1 is 0.362 bits per heavy atom. The molecule has 0 amide bonds. The summed E-state index contributed by atoms with van der Waals surface area (Å²) in [6.45, 7) is -11.4. The molecule has 0 saturated heterocycles. The molecule has 20 heteroatoms. The Labute approximate surface area is 487 Å². The monoisotopic (exact) mass is 1240 g/mol. The van der Waals surface area contributed by atoms with Crippen LogP contribution in [0.1, 0.15) is 31.8 Å². The van der Waals surface area contributed by atoms with E-state index in [4.69, 9.17) is 83.1 Å². The van der Waals surface area contributed by atoms with Gasteiger partial charge in [0.2, 0.25) is 0 Å². The topological polar surface area (TPSA) is 61.8 Å². The SMILES string of the molecule is O=C(CP(OB(Oc1cc(C(F)(F)F)cc(C(F)(F)F)c1)OP(CC(=O)c1ccccc1)(c1cccc(Cl)c1)(c1cccc(Cl)c1)c1cccc(Cl)c1)(c1cccc(Cl)c1)(c1cccc(Cl)c1)c1cccc(Cl)c1)c1ccccc1. The van der Waals surface area contributed by atoms with Gasteiger partial charge in [0.15, 0.2) is 0 Å². The van der Waals surface area contributed by atoms with Crippen LogP contribution in [-0.2, 0) is 21.2 Å². The molecule has 9 rings (SSSR count). The summed E-state index contributed by atoms with van der Waals surface area (Å²) in [6, 6.07) is 54.4. The first-order valence-corrected chi connectivity index (χ1v) is 31.1. The Kier molecular flexibility index (Phi) is 17.1. The van der Waals surface area contributed by atoms with E-state index < -0.39 is 74.1 Å². The van der Waals surface area contributed by atoms with Crippen LogP contribution >= 0.6 is 83.3 Å². The van der Waals surface area contributed by atoms with Crippen molar-refractivity contribution in [3.8, 4) is 5.75 Å². The Bertz CT molecular complexity index is 3320. The van der Waals surface area contributed by atoms with Crippen LogP contribution in [-0.4, -0.2) is 31.2 Å². The first kappa shape index (κ1) is 58.9. The fourth-order valence-corrected chi connectivity index (χ4v) is 22.7. The molecule has 0 N–H and O–H groups in total. The van der Waals surface area contributed by atoms with E-state index in [-0.39, 0.29) is 79.2 Å². The standard InChI is InChI=1S/C60H41BCl6F6O5P2/c62-44-17-7-23-51(32-44)79(52-24-8-18-45(63)33-52,53-25-9-19-46(64)34-53,38-57(74)40-13-3-1-4-14-40)77-61(76-50-30-42(59(68,69)70)29-43(31-50)60(71,72)73)78-80(54-26-10-20-47(65)35-54,55-27-11-21-48(66)36-55,56-28-12-22-49(67)37-56)39-58(75)41-15-5-2-6-16-41/h1-37H,38-39H2. The molecule has 0 fully saturated rings. The van der Waals surface area contributed by atoms with Crippen molar-refractivity contribution in [2.24, 2.45) is 0 Å². The van der Waals surface area contributed by atoms with Crippen LogP contribution in [0.5, 0.6) is 5.75 Å². The molecule has 9 aromatic rings. The number of benzene rings is 9. The van der Waals surface area contributed by atoms with Crippen LogP contribution in [0.3, 0.4) is 0 Å². The van der Waals surface area contributed by atoms with E-state index in [0.29, 0.717) is 12.1 Å². The van der Waals surface area contributed by atoms with Crippen molar-refractivity contribution < 1.29 is 49.5 Å². The van der Waals surface area contributed by atoms with Gasteiger partial charge in [-0.3, -0.25) is 0 Å². The van der Waals surface area contributed by atoms with E-state index in [1.54, 1.807) is 170 Å². The quantitative estimate of drug-likeness (QED) is 0.0371. The molecular weight excluding hydrogens is 1200 g/mol. The number of ketones is 2. The average Bonchev–Trinajstić information content (AvgIpc) is 3.42. The van der Waals surface area contributed by atoms with Gasteiger partial charge in [0.1, 0.15) is 0 Å². The summed E-state index contributed by atoms with van der Waals surface area (Å²) in [5.41, 5.74) is -3.19. The predicted molar refractivity (Wildman–Crippen MR) is 317 cm³/mol. The summed E-state index contributed by atoms with van der Waals surface area (Å²) < 4.78 is 113. The van der Waals surface area contributed by atoms with Crippen LogP contribution in [0.25, 0.3) is 0 Å². The molecule has 0 bridgehead atoms. The first-order valence-electron chi connectivity index (χ1n) is 24.1. The van der Waals surface area contributed by atoms with E-state index in [2.05, 4.69) is 0 Å². The summed E-state index contributed by atoms with van der Waals surface area (Å²) in [4.78, 5) is 31.5. The molecule has 0 heterocycles. The number of carbonyl (C=O) groups is 2. The minimum atomic E-state index is -5.71. The normalized spacial score (nSPS) is 13.1. The fraction of sp³-hybridized carbons (Fsp3) is 0.0667. The molecular formula is C60H41BCl6F6O5P2. The molecule has 80 heavy (non-hydrogen) atoms. The molecule has 0 atom stereocenters. The number of alkyl halides is 6. The molecule has 0 aliphatic rings. The van der Waals surface area contributed by atoms with Gasteiger partial charge in [-0.1, -0.05) is 0 Å². The van der Waals surface area contributed by atoms with E-state index in [0.717, 1.165) is 0 Å². The van der Waals surface area contributed by atoms with Crippen LogP contribution in [0.15, 0.2) is 224 Å². The van der Waals surface area contributed by atoms with Crippen LogP contribution < -0.4 is 36.5 Å². The molecule has 0 saturated carbocycles. The second-order valence-corrected chi connectivity index (χ2v) is 30.2. The zero-order valence-corrected chi connectivity index (χ0v) is 47.6. The molecule has 5 nitrogen and oxygen atoms in total. The van der Waals surface area contributed by atoms with Crippen molar-refractivity contribution in [2.75, 3.05) is 12.3 Å². The molecule has 408 valence electrons. The van der Waals surface area contributed by atoms with E-state index in [1.165, 1.54) is 36.4 Å². The van der Waals surface area contributed by atoms with Crippen molar-refractivity contribution in [1.82, 2.24) is 0 Å². The van der Waals surface area contributed by atoms with Crippen molar-refractivity contribution in [3.05, 3.63) is 277 Å². The maximum absolute atomic E-state index is 15.8. The Balaban J connectivity index is 1.53. The van der Waals surface area contributed by atoms with Gasteiger partial charge in [0.05, 0.1) is 0 Å². The number of hydrogen-bond acceptors (Lipinski definition) is 5. The molecule has 0 radical (unpaired) electrons. The maximum atomic E-state index is 15.8. The zero-order chi connectivity index (χ0) is 57.1. The van der Waals surface area contributed by atoms with Crippen molar-refractivity contribution in [1.29, 1.82) is 0 Å². The summed E-state index contributed by atoms with van der Waals surface area (Å²) in [7, 11) is -2.64. The first-order chi connectivity index (χ1) is 38.0. The van der Waals surface area contributed by atoms with Gasteiger partial charge in [0, 0.05) is 0 Å². The Morgan fingerprint density at radius 2 is 0.625 bits per heavy atom. The van der Waals surface area contributed by atoms with Gasteiger partial charge < -0.3 is 0 Å². The van der Waals surface area contributed by atoms with E-state index in [9.17, 15) is 0 Å². The van der Waals surface area contributed by atoms with Gasteiger partial charge in [0.25, 0.3) is 0 Å². The van der Waals surface area contributed by atoms with Gasteiger partial charge in [-0.15, -0.1) is 0 Å². The number of halogens is 12. The second-order valence-electron chi connectivity index (χ2n) is 18.6. The molecule has 0 unspecified atom stereocenters. The third kappa shape index (κ3) is 11.6. The molecule has 0 spiro atoms. The summed E-state index contributed by atoms with van der Waals surface area (Å²) in [5, 5.41) is 1.56.